The summed E-state index contributed by atoms with van der Waals surface area (Å²) in [5, 5.41) is 9.38. The zero-order valence-electron chi connectivity index (χ0n) is 15.6. The van der Waals surface area contributed by atoms with E-state index < -0.39 is 0 Å². The van der Waals surface area contributed by atoms with Crippen molar-refractivity contribution in [1.82, 2.24) is 9.78 Å². The van der Waals surface area contributed by atoms with Crippen molar-refractivity contribution in [2.24, 2.45) is 5.10 Å². The molecule has 3 aromatic rings. The fourth-order valence-corrected chi connectivity index (χ4v) is 3.57. The van der Waals surface area contributed by atoms with Crippen LogP contribution in [0.5, 0.6) is 0 Å². The maximum Gasteiger partial charge on any atom is 0.280 e. The van der Waals surface area contributed by atoms with Crippen molar-refractivity contribution in [2.75, 3.05) is 5.01 Å². The molecule has 2 aromatic carbocycles. The summed E-state index contributed by atoms with van der Waals surface area (Å²) in [6.07, 6.45) is 1.61. The van der Waals surface area contributed by atoms with E-state index in [0.717, 1.165) is 3.57 Å². The van der Waals surface area contributed by atoms with Crippen molar-refractivity contribution < 1.29 is 4.79 Å². The maximum absolute atomic E-state index is 13.0. The number of carbonyl (C=O) groups excluding carboxylic acids is 1. The Balaban J connectivity index is 1.72. The number of aromatic nitrogens is 2. The number of anilines is 1. The largest absolute Gasteiger partial charge is 0.295 e. The van der Waals surface area contributed by atoms with E-state index in [0.29, 0.717) is 38.9 Å². The van der Waals surface area contributed by atoms with E-state index in [4.69, 9.17) is 11.6 Å². The standard InChI is InChI=1S/C21H16ClIN4O2/c1-12-18(20(28)26(24-12)16-7-3-14(22)4-8-16)11-19-13(2)25-27(21(19)29)17-9-5-15(23)6-10-17/h3-11,24H,1-2H3/b19-11-. The first-order valence-corrected chi connectivity index (χ1v) is 10.3. The highest BCUT2D eigenvalue weighted by atomic mass is 127. The molecule has 2 heterocycles. The maximum atomic E-state index is 13.0. The molecule has 0 aliphatic carbocycles. The molecule has 1 N–H and O–H groups in total. The summed E-state index contributed by atoms with van der Waals surface area (Å²) in [4.78, 5) is 25.9. The first-order valence-electron chi connectivity index (χ1n) is 8.80. The Morgan fingerprint density at radius 2 is 1.62 bits per heavy atom. The molecule has 146 valence electrons. The molecule has 29 heavy (non-hydrogen) atoms. The highest BCUT2D eigenvalue weighted by Gasteiger charge is 2.29. The Labute approximate surface area is 185 Å². The van der Waals surface area contributed by atoms with Crippen molar-refractivity contribution in [3.8, 4) is 5.69 Å². The third-order valence-corrected chi connectivity index (χ3v) is 5.60. The van der Waals surface area contributed by atoms with Gasteiger partial charge in [0, 0.05) is 14.3 Å². The van der Waals surface area contributed by atoms with Gasteiger partial charge in [-0.05, 0) is 91.0 Å². The van der Waals surface area contributed by atoms with E-state index in [2.05, 4.69) is 32.8 Å². The molecule has 1 aromatic heterocycles. The van der Waals surface area contributed by atoms with Crippen LogP contribution < -0.4 is 10.6 Å². The molecule has 0 bridgehead atoms. The lowest BCUT2D eigenvalue weighted by atomic mass is 10.1. The number of hydrogen-bond acceptors (Lipinski definition) is 3. The summed E-state index contributed by atoms with van der Waals surface area (Å²) in [7, 11) is 0. The molecule has 0 radical (unpaired) electrons. The molecular weight excluding hydrogens is 503 g/mol. The molecule has 8 heteroatoms. The number of halogens is 2. The predicted octanol–water partition coefficient (Wildman–Crippen LogP) is 4.54. The average Bonchev–Trinajstić information content (AvgIpc) is 3.14. The number of carbonyl (C=O) groups is 1. The molecule has 1 aliphatic heterocycles. The second kappa shape index (κ2) is 7.64. The Hall–Kier alpha value is -2.65. The number of amides is 1. The first kappa shape index (κ1) is 19.7. The van der Waals surface area contributed by atoms with E-state index in [-0.39, 0.29) is 11.5 Å². The lowest BCUT2D eigenvalue weighted by Gasteiger charge is -2.11. The molecule has 1 aliphatic rings. The summed E-state index contributed by atoms with van der Waals surface area (Å²) in [6.45, 7) is 3.55. The van der Waals surface area contributed by atoms with Crippen LogP contribution in [0, 0.1) is 10.5 Å². The number of rotatable bonds is 3. The predicted molar refractivity (Wildman–Crippen MR) is 124 cm³/mol. The van der Waals surface area contributed by atoms with E-state index >= 15 is 0 Å². The summed E-state index contributed by atoms with van der Waals surface area (Å²) >= 11 is 8.14. The Morgan fingerprint density at radius 3 is 2.28 bits per heavy atom. The van der Waals surface area contributed by atoms with Crippen LogP contribution in [0.15, 0.2) is 64.0 Å². The van der Waals surface area contributed by atoms with Gasteiger partial charge in [0.15, 0.2) is 0 Å². The fourth-order valence-electron chi connectivity index (χ4n) is 3.09. The minimum atomic E-state index is -0.262. The number of hydrogen-bond donors (Lipinski definition) is 1. The normalized spacial score (nSPS) is 15.3. The Morgan fingerprint density at radius 1 is 1.00 bits per heavy atom. The van der Waals surface area contributed by atoms with Crippen LogP contribution in [0.1, 0.15) is 18.2 Å². The summed E-state index contributed by atoms with van der Waals surface area (Å²) in [5.74, 6) is -0.262. The fraction of sp³-hybridized carbons (Fsp3) is 0.0952. The van der Waals surface area contributed by atoms with Crippen LogP contribution >= 0.6 is 34.2 Å². The Kier molecular flexibility index (Phi) is 5.18. The minimum absolute atomic E-state index is 0.245. The quantitative estimate of drug-likeness (QED) is 0.409. The molecular formula is C21H16ClIN4O2. The molecule has 6 nitrogen and oxygen atoms in total. The van der Waals surface area contributed by atoms with Crippen molar-refractivity contribution in [1.29, 1.82) is 0 Å². The van der Waals surface area contributed by atoms with Crippen molar-refractivity contribution in [3.63, 3.8) is 0 Å². The monoisotopic (exact) mass is 518 g/mol. The molecule has 0 fully saturated rings. The topological polar surface area (TPSA) is 70.5 Å². The highest BCUT2D eigenvalue weighted by Crippen LogP contribution is 2.25. The van der Waals surface area contributed by atoms with Gasteiger partial charge in [-0.3, -0.25) is 14.7 Å². The van der Waals surface area contributed by atoms with Crippen LogP contribution in [0.2, 0.25) is 5.02 Å². The van der Waals surface area contributed by atoms with Crippen molar-refractivity contribution >= 4 is 57.6 Å². The van der Waals surface area contributed by atoms with Gasteiger partial charge in [0.1, 0.15) is 0 Å². The smallest absolute Gasteiger partial charge is 0.280 e. The SMILES string of the molecule is CC1=NN(c2ccc(I)cc2)C(=O)/C1=C\c1c(C)[nH]n(-c2ccc(Cl)cc2)c1=O. The number of benzene rings is 2. The van der Waals surface area contributed by atoms with Gasteiger partial charge in [-0.2, -0.15) is 10.1 Å². The number of nitrogens with zero attached hydrogens (tertiary/aromatic N) is 3. The van der Waals surface area contributed by atoms with Gasteiger partial charge in [0.05, 0.1) is 28.2 Å². The second-order valence-corrected chi connectivity index (χ2v) is 8.29. The van der Waals surface area contributed by atoms with E-state index in [1.807, 2.05) is 24.3 Å². The van der Waals surface area contributed by atoms with Crippen LogP contribution in [0.4, 0.5) is 5.69 Å². The summed E-state index contributed by atoms with van der Waals surface area (Å²) in [6, 6.07) is 14.4. The van der Waals surface area contributed by atoms with Crippen LogP contribution in [0.3, 0.4) is 0 Å². The molecule has 0 atom stereocenters. The molecule has 1 amide bonds. The van der Waals surface area contributed by atoms with Gasteiger partial charge in [-0.15, -0.1) is 0 Å². The van der Waals surface area contributed by atoms with Crippen LogP contribution in [0.25, 0.3) is 11.8 Å². The van der Waals surface area contributed by atoms with Crippen LogP contribution in [-0.2, 0) is 4.79 Å². The highest BCUT2D eigenvalue weighted by molar-refractivity contribution is 14.1. The van der Waals surface area contributed by atoms with Gasteiger partial charge in [0.25, 0.3) is 11.5 Å². The third-order valence-electron chi connectivity index (χ3n) is 4.62. The zero-order chi connectivity index (χ0) is 20.7. The third kappa shape index (κ3) is 3.67. The molecule has 0 saturated heterocycles. The number of aromatic amines is 1. The first-order chi connectivity index (χ1) is 13.8. The number of hydrazone groups is 1. The second-order valence-electron chi connectivity index (χ2n) is 6.60. The van der Waals surface area contributed by atoms with Gasteiger partial charge in [0.2, 0.25) is 0 Å². The van der Waals surface area contributed by atoms with Gasteiger partial charge in [-0.1, -0.05) is 11.6 Å². The summed E-state index contributed by atoms with van der Waals surface area (Å²) < 4.78 is 2.50. The lowest BCUT2D eigenvalue weighted by molar-refractivity contribution is -0.114. The van der Waals surface area contributed by atoms with Crippen molar-refractivity contribution in [2.45, 2.75) is 13.8 Å². The lowest BCUT2D eigenvalue weighted by Crippen LogP contribution is -2.22. The molecule has 0 saturated carbocycles. The Bertz CT molecular complexity index is 1220. The average molecular weight is 519 g/mol. The molecule has 0 spiro atoms. The van der Waals surface area contributed by atoms with Gasteiger partial charge < -0.3 is 0 Å². The zero-order valence-corrected chi connectivity index (χ0v) is 18.5. The van der Waals surface area contributed by atoms with Crippen molar-refractivity contribution in [3.05, 3.63) is 84.3 Å². The number of H-pyrrole nitrogens is 1. The van der Waals surface area contributed by atoms with Gasteiger partial charge >= 0.3 is 0 Å². The van der Waals surface area contributed by atoms with Crippen LogP contribution in [-0.4, -0.2) is 21.4 Å². The van der Waals surface area contributed by atoms with Gasteiger partial charge in [-0.25, -0.2) is 4.68 Å². The summed E-state index contributed by atoms with van der Waals surface area (Å²) in [5.41, 5.74) is 3.13. The molecule has 4 rings (SSSR count). The van der Waals surface area contributed by atoms with E-state index in [9.17, 15) is 9.59 Å². The molecule has 0 unspecified atom stereocenters. The minimum Gasteiger partial charge on any atom is -0.295 e. The number of aryl methyl sites for hydroxylation is 1. The number of nitrogens with one attached hydrogen (secondary N) is 1. The van der Waals surface area contributed by atoms with E-state index in [1.54, 1.807) is 44.2 Å². The van der Waals surface area contributed by atoms with E-state index in [1.165, 1.54) is 9.69 Å².